The van der Waals surface area contributed by atoms with Crippen LogP contribution in [0.4, 0.5) is 0 Å². The Balaban J connectivity index is 2.62. The molecule has 0 radical (unpaired) electrons. The van der Waals surface area contributed by atoms with E-state index in [1.807, 2.05) is 0 Å². The highest BCUT2D eigenvalue weighted by atomic mass is 16.5. The van der Waals surface area contributed by atoms with E-state index in [4.69, 9.17) is 4.74 Å². The van der Waals surface area contributed by atoms with E-state index < -0.39 is 0 Å². The zero-order valence-electron chi connectivity index (χ0n) is 13.7. The Morgan fingerprint density at radius 3 is 2.11 bits per heavy atom. The normalized spacial score (nSPS) is 27.4. The third-order valence-electron chi connectivity index (χ3n) is 4.81. The molecule has 1 saturated carbocycles. The van der Waals surface area contributed by atoms with Crippen LogP contribution >= 0.6 is 0 Å². The van der Waals surface area contributed by atoms with E-state index in [1.54, 1.807) is 0 Å². The fraction of sp³-hybridized carbons (Fsp3) is 0.941. The minimum Gasteiger partial charge on any atom is -0.462 e. The standard InChI is InChI=1S/C17H32O2/c1-12(2)11-17(6,13(3)4)16(18)19-15-9-7-14(5)8-10-15/h12-15H,7-11H2,1-6H3. The number of esters is 1. The average Bonchev–Trinajstić information content (AvgIpc) is 2.30. The molecule has 0 aliphatic heterocycles. The highest BCUT2D eigenvalue weighted by molar-refractivity contribution is 5.76. The van der Waals surface area contributed by atoms with E-state index in [0.717, 1.165) is 25.2 Å². The van der Waals surface area contributed by atoms with E-state index in [0.29, 0.717) is 11.8 Å². The van der Waals surface area contributed by atoms with Gasteiger partial charge in [-0.1, -0.05) is 34.6 Å². The van der Waals surface area contributed by atoms with Gasteiger partial charge in [-0.3, -0.25) is 4.79 Å². The highest BCUT2D eigenvalue weighted by Gasteiger charge is 2.40. The molecule has 1 aliphatic rings. The first-order valence-corrected chi connectivity index (χ1v) is 7.96. The smallest absolute Gasteiger partial charge is 0.312 e. The molecule has 1 aliphatic carbocycles. The summed E-state index contributed by atoms with van der Waals surface area (Å²) >= 11 is 0. The lowest BCUT2D eigenvalue weighted by Crippen LogP contribution is -2.39. The van der Waals surface area contributed by atoms with Gasteiger partial charge < -0.3 is 4.74 Å². The molecule has 1 fully saturated rings. The molecule has 0 N–H and O–H groups in total. The number of hydrogen-bond acceptors (Lipinski definition) is 2. The lowest BCUT2D eigenvalue weighted by Gasteiger charge is -2.35. The van der Waals surface area contributed by atoms with Crippen molar-refractivity contribution in [1.29, 1.82) is 0 Å². The molecule has 0 amide bonds. The summed E-state index contributed by atoms with van der Waals surface area (Å²) in [6.07, 6.45) is 5.55. The van der Waals surface area contributed by atoms with Gasteiger partial charge in [-0.05, 0) is 56.8 Å². The van der Waals surface area contributed by atoms with Crippen LogP contribution in [0.2, 0.25) is 0 Å². The fourth-order valence-corrected chi connectivity index (χ4v) is 3.04. The SMILES string of the molecule is CC(C)CC(C)(C(=O)OC1CCC(C)CC1)C(C)C. The number of rotatable bonds is 5. The Labute approximate surface area is 119 Å². The molecule has 0 bridgehead atoms. The van der Waals surface area contributed by atoms with Crippen molar-refractivity contribution in [3.8, 4) is 0 Å². The van der Waals surface area contributed by atoms with E-state index in [-0.39, 0.29) is 17.5 Å². The summed E-state index contributed by atoms with van der Waals surface area (Å²) in [7, 11) is 0. The summed E-state index contributed by atoms with van der Waals surface area (Å²) in [6.45, 7) is 13.0. The van der Waals surface area contributed by atoms with Gasteiger partial charge in [-0.25, -0.2) is 0 Å². The van der Waals surface area contributed by atoms with Crippen LogP contribution in [0, 0.1) is 23.2 Å². The predicted octanol–water partition coefficient (Wildman–Crippen LogP) is 4.82. The van der Waals surface area contributed by atoms with E-state index in [9.17, 15) is 4.79 Å². The van der Waals surface area contributed by atoms with Crippen LogP contribution in [-0.2, 0) is 9.53 Å². The van der Waals surface area contributed by atoms with Crippen LogP contribution in [0.15, 0.2) is 0 Å². The monoisotopic (exact) mass is 268 g/mol. The molecule has 0 aromatic rings. The van der Waals surface area contributed by atoms with Gasteiger partial charge >= 0.3 is 5.97 Å². The van der Waals surface area contributed by atoms with Gasteiger partial charge in [0.1, 0.15) is 6.10 Å². The topological polar surface area (TPSA) is 26.3 Å². The summed E-state index contributed by atoms with van der Waals surface area (Å²) in [4.78, 5) is 12.6. The number of ether oxygens (including phenoxy) is 1. The van der Waals surface area contributed by atoms with Gasteiger partial charge in [0.2, 0.25) is 0 Å². The third-order valence-corrected chi connectivity index (χ3v) is 4.81. The van der Waals surface area contributed by atoms with Crippen LogP contribution in [0.1, 0.15) is 73.6 Å². The Kier molecular flexibility index (Phi) is 5.88. The number of carbonyl (C=O) groups excluding carboxylic acids is 1. The van der Waals surface area contributed by atoms with Gasteiger partial charge in [-0.15, -0.1) is 0 Å². The second-order valence-corrected chi connectivity index (χ2v) is 7.46. The van der Waals surface area contributed by atoms with Crippen LogP contribution in [-0.4, -0.2) is 12.1 Å². The maximum absolute atomic E-state index is 12.6. The lowest BCUT2D eigenvalue weighted by molar-refractivity contribution is -0.166. The second-order valence-electron chi connectivity index (χ2n) is 7.46. The van der Waals surface area contributed by atoms with Crippen molar-refractivity contribution in [3.05, 3.63) is 0 Å². The van der Waals surface area contributed by atoms with E-state index in [2.05, 4.69) is 41.5 Å². The molecule has 0 aromatic carbocycles. The summed E-state index contributed by atoms with van der Waals surface area (Å²) < 4.78 is 5.83. The first-order valence-electron chi connectivity index (χ1n) is 7.96. The highest BCUT2D eigenvalue weighted by Crippen LogP contribution is 2.37. The molecule has 0 spiro atoms. The third kappa shape index (κ3) is 4.50. The molecule has 2 heteroatoms. The Morgan fingerprint density at radius 2 is 1.68 bits per heavy atom. The lowest BCUT2D eigenvalue weighted by atomic mass is 9.73. The first kappa shape index (κ1) is 16.5. The first-order chi connectivity index (χ1) is 8.75. The van der Waals surface area contributed by atoms with E-state index in [1.165, 1.54) is 12.8 Å². The molecule has 2 nitrogen and oxygen atoms in total. The van der Waals surface area contributed by atoms with E-state index >= 15 is 0 Å². The minimum absolute atomic E-state index is 0.0238. The second kappa shape index (κ2) is 6.76. The number of carbonyl (C=O) groups is 1. The Hall–Kier alpha value is -0.530. The van der Waals surface area contributed by atoms with Gasteiger partial charge in [-0.2, -0.15) is 0 Å². The van der Waals surface area contributed by atoms with Crippen LogP contribution in [0.25, 0.3) is 0 Å². The predicted molar refractivity (Wildman–Crippen MR) is 79.9 cm³/mol. The van der Waals surface area contributed by atoms with Gasteiger partial charge in [0.05, 0.1) is 5.41 Å². The molecule has 0 aromatic heterocycles. The Bertz CT molecular complexity index is 288. The van der Waals surface area contributed by atoms with Crippen molar-refractivity contribution in [2.24, 2.45) is 23.2 Å². The van der Waals surface area contributed by atoms with Crippen molar-refractivity contribution < 1.29 is 9.53 Å². The summed E-state index contributed by atoms with van der Waals surface area (Å²) in [5.74, 6) is 1.66. The molecule has 1 rings (SSSR count). The minimum atomic E-state index is -0.336. The maximum Gasteiger partial charge on any atom is 0.312 e. The van der Waals surface area contributed by atoms with Crippen molar-refractivity contribution in [2.75, 3.05) is 0 Å². The molecule has 0 saturated heterocycles. The van der Waals surface area contributed by atoms with Crippen LogP contribution in [0.3, 0.4) is 0 Å². The quantitative estimate of drug-likeness (QED) is 0.668. The van der Waals surface area contributed by atoms with Gasteiger partial charge in [0.15, 0.2) is 0 Å². The van der Waals surface area contributed by atoms with Crippen molar-refractivity contribution in [2.45, 2.75) is 79.8 Å². The molecular formula is C17H32O2. The Morgan fingerprint density at radius 1 is 1.16 bits per heavy atom. The van der Waals surface area contributed by atoms with Crippen LogP contribution in [0.5, 0.6) is 0 Å². The van der Waals surface area contributed by atoms with Gasteiger partial charge in [0.25, 0.3) is 0 Å². The molecule has 0 heterocycles. The molecule has 112 valence electrons. The van der Waals surface area contributed by atoms with Crippen molar-refractivity contribution in [1.82, 2.24) is 0 Å². The zero-order valence-corrected chi connectivity index (χ0v) is 13.7. The largest absolute Gasteiger partial charge is 0.462 e. The molecule has 1 atom stereocenters. The average molecular weight is 268 g/mol. The van der Waals surface area contributed by atoms with Crippen molar-refractivity contribution in [3.63, 3.8) is 0 Å². The zero-order chi connectivity index (χ0) is 14.6. The molecule has 1 unspecified atom stereocenters. The van der Waals surface area contributed by atoms with Gasteiger partial charge in [0, 0.05) is 0 Å². The summed E-state index contributed by atoms with van der Waals surface area (Å²) in [6, 6.07) is 0. The summed E-state index contributed by atoms with van der Waals surface area (Å²) in [5, 5.41) is 0. The fourth-order valence-electron chi connectivity index (χ4n) is 3.04. The maximum atomic E-state index is 12.6. The molecular weight excluding hydrogens is 236 g/mol. The molecule has 19 heavy (non-hydrogen) atoms. The van der Waals surface area contributed by atoms with Crippen molar-refractivity contribution >= 4 is 5.97 Å². The summed E-state index contributed by atoms with van der Waals surface area (Å²) in [5.41, 5.74) is -0.336. The number of hydrogen-bond donors (Lipinski definition) is 0. The van der Waals surface area contributed by atoms with Crippen LogP contribution < -0.4 is 0 Å².